The molecular weight excluding hydrogens is 320 g/mol. The highest BCUT2D eigenvalue weighted by Gasteiger charge is 2.42. The third-order valence-corrected chi connectivity index (χ3v) is 5.86. The minimum absolute atomic E-state index is 0.0162. The highest BCUT2D eigenvalue weighted by atomic mass is 16.3. The lowest BCUT2D eigenvalue weighted by molar-refractivity contribution is -0.141. The van der Waals surface area contributed by atoms with E-state index >= 15 is 0 Å². The third kappa shape index (κ3) is 3.71. The summed E-state index contributed by atoms with van der Waals surface area (Å²) in [5.41, 5.74) is 2.77. The Morgan fingerprint density at radius 3 is 2.52 bits per heavy atom. The van der Waals surface area contributed by atoms with Gasteiger partial charge in [-0.2, -0.15) is 5.10 Å². The van der Waals surface area contributed by atoms with Gasteiger partial charge in [0.25, 0.3) is 0 Å². The lowest BCUT2D eigenvalue weighted by Gasteiger charge is -2.49. The molecule has 2 amide bonds. The standard InChI is InChI=1S/C18H28N4O3/c1-12-16(13(2)20-19-12)8-17(25)21-6-4-18(5-7-21)9-15(24)10-22(11-18)14(3)23/h15,24H,4-11H2,1-3H3,(H,19,20). The topological polar surface area (TPSA) is 89.5 Å². The number of nitrogens with one attached hydrogen (secondary N) is 1. The smallest absolute Gasteiger partial charge is 0.227 e. The quantitative estimate of drug-likeness (QED) is 0.827. The van der Waals surface area contributed by atoms with Gasteiger partial charge in [-0.15, -0.1) is 0 Å². The van der Waals surface area contributed by atoms with E-state index in [2.05, 4.69) is 10.2 Å². The monoisotopic (exact) mass is 348 g/mol. The first-order chi connectivity index (χ1) is 11.8. The number of piperidine rings is 2. The molecule has 0 radical (unpaired) electrons. The van der Waals surface area contributed by atoms with Gasteiger partial charge in [0.15, 0.2) is 0 Å². The maximum Gasteiger partial charge on any atom is 0.227 e. The van der Waals surface area contributed by atoms with Gasteiger partial charge in [0.1, 0.15) is 0 Å². The molecule has 3 heterocycles. The number of carbonyl (C=O) groups is 2. The van der Waals surface area contributed by atoms with Crippen LogP contribution in [-0.4, -0.2) is 69.2 Å². The lowest BCUT2D eigenvalue weighted by Crippen LogP contribution is -2.55. The van der Waals surface area contributed by atoms with E-state index in [9.17, 15) is 14.7 Å². The molecule has 1 atom stereocenters. The van der Waals surface area contributed by atoms with E-state index in [-0.39, 0.29) is 17.2 Å². The number of aliphatic hydroxyl groups excluding tert-OH is 1. The number of H-pyrrole nitrogens is 1. The van der Waals surface area contributed by atoms with Crippen LogP contribution in [0, 0.1) is 19.3 Å². The molecule has 3 rings (SSSR count). The Morgan fingerprint density at radius 1 is 1.28 bits per heavy atom. The average Bonchev–Trinajstić information content (AvgIpc) is 2.86. The maximum absolute atomic E-state index is 12.6. The molecule has 0 bridgehead atoms. The second-order valence-corrected chi connectivity index (χ2v) is 7.73. The summed E-state index contributed by atoms with van der Waals surface area (Å²) in [6.45, 7) is 7.91. The second-order valence-electron chi connectivity index (χ2n) is 7.73. The van der Waals surface area contributed by atoms with Gasteiger partial charge in [-0.25, -0.2) is 0 Å². The first-order valence-corrected chi connectivity index (χ1v) is 9.01. The first kappa shape index (κ1) is 17.9. The Bertz CT molecular complexity index is 642. The Labute approximate surface area is 148 Å². The number of amides is 2. The number of carbonyl (C=O) groups excluding carboxylic acids is 2. The van der Waals surface area contributed by atoms with Crippen molar-refractivity contribution in [1.29, 1.82) is 0 Å². The summed E-state index contributed by atoms with van der Waals surface area (Å²) in [7, 11) is 0. The Kier molecular flexibility index (Phi) is 4.86. The molecule has 0 aliphatic carbocycles. The van der Waals surface area contributed by atoms with Crippen molar-refractivity contribution >= 4 is 11.8 Å². The van der Waals surface area contributed by atoms with E-state index in [0.29, 0.717) is 32.6 Å². The molecule has 2 N–H and O–H groups in total. The van der Waals surface area contributed by atoms with Crippen molar-refractivity contribution in [3.8, 4) is 0 Å². The summed E-state index contributed by atoms with van der Waals surface area (Å²) in [6.07, 6.45) is 2.31. The minimum Gasteiger partial charge on any atom is -0.391 e. The molecule has 7 heteroatoms. The summed E-state index contributed by atoms with van der Waals surface area (Å²) >= 11 is 0. The number of rotatable bonds is 2. The number of hydrogen-bond acceptors (Lipinski definition) is 4. The van der Waals surface area contributed by atoms with Crippen molar-refractivity contribution < 1.29 is 14.7 Å². The van der Waals surface area contributed by atoms with Crippen LogP contribution in [0.3, 0.4) is 0 Å². The summed E-state index contributed by atoms with van der Waals surface area (Å²) < 4.78 is 0. The van der Waals surface area contributed by atoms with E-state index in [0.717, 1.165) is 36.2 Å². The predicted molar refractivity (Wildman–Crippen MR) is 92.9 cm³/mol. The van der Waals surface area contributed by atoms with Crippen LogP contribution in [0.25, 0.3) is 0 Å². The van der Waals surface area contributed by atoms with Crippen molar-refractivity contribution in [2.24, 2.45) is 5.41 Å². The molecule has 2 aliphatic heterocycles. The molecule has 1 aromatic rings. The van der Waals surface area contributed by atoms with Crippen molar-refractivity contribution in [2.45, 2.75) is 52.6 Å². The van der Waals surface area contributed by atoms with Crippen LogP contribution in [0.15, 0.2) is 0 Å². The SMILES string of the molecule is CC(=O)N1CC(O)CC2(CCN(C(=O)Cc3c(C)n[nH]c3C)CC2)C1. The molecule has 2 fully saturated rings. The van der Waals surface area contributed by atoms with Crippen LogP contribution in [0.4, 0.5) is 0 Å². The lowest BCUT2D eigenvalue weighted by atomic mass is 9.71. The van der Waals surface area contributed by atoms with Crippen molar-refractivity contribution in [2.75, 3.05) is 26.2 Å². The van der Waals surface area contributed by atoms with Gasteiger partial charge in [-0.05, 0) is 38.5 Å². The number of hydrogen-bond donors (Lipinski definition) is 2. The van der Waals surface area contributed by atoms with Crippen molar-refractivity contribution in [1.82, 2.24) is 20.0 Å². The number of β-amino-alcohol motifs (C(OH)–C–C–N with tert-alkyl or cyclic N) is 1. The minimum atomic E-state index is -0.462. The van der Waals surface area contributed by atoms with Gasteiger partial charge in [0.2, 0.25) is 11.8 Å². The number of aromatic amines is 1. The highest BCUT2D eigenvalue weighted by molar-refractivity contribution is 5.79. The van der Waals surface area contributed by atoms with Gasteiger partial charge < -0.3 is 14.9 Å². The molecule has 25 heavy (non-hydrogen) atoms. The summed E-state index contributed by atoms with van der Waals surface area (Å²) in [4.78, 5) is 28.0. The normalized spacial score (nSPS) is 23.1. The molecule has 0 saturated carbocycles. The molecule has 2 saturated heterocycles. The summed E-state index contributed by atoms with van der Waals surface area (Å²) in [5.74, 6) is 0.143. The number of aryl methyl sites for hydroxylation is 2. The van der Waals surface area contributed by atoms with Gasteiger partial charge in [0, 0.05) is 44.4 Å². The molecular formula is C18H28N4O3. The molecule has 1 aromatic heterocycles. The fourth-order valence-corrected chi connectivity index (χ4v) is 4.28. The number of aliphatic hydroxyl groups is 1. The predicted octanol–water partition coefficient (Wildman–Crippen LogP) is 0.791. The average molecular weight is 348 g/mol. The Balaban J connectivity index is 1.61. The van der Waals surface area contributed by atoms with Crippen LogP contribution in [0.5, 0.6) is 0 Å². The van der Waals surface area contributed by atoms with Gasteiger partial charge in [0.05, 0.1) is 18.2 Å². The van der Waals surface area contributed by atoms with Gasteiger partial charge in [-0.3, -0.25) is 14.7 Å². The van der Waals surface area contributed by atoms with Gasteiger partial charge >= 0.3 is 0 Å². The van der Waals surface area contributed by atoms with E-state index in [1.807, 2.05) is 18.7 Å². The fraction of sp³-hybridized carbons (Fsp3) is 0.722. The zero-order valence-corrected chi connectivity index (χ0v) is 15.3. The largest absolute Gasteiger partial charge is 0.391 e. The summed E-state index contributed by atoms with van der Waals surface area (Å²) in [5, 5.41) is 17.2. The highest BCUT2D eigenvalue weighted by Crippen LogP contribution is 2.40. The van der Waals surface area contributed by atoms with E-state index in [4.69, 9.17) is 0 Å². The zero-order valence-electron chi connectivity index (χ0n) is 15.3. The van der Waals surface area contributed by atoms with Crippen molar-refractivity contribution in [3.63, 3.8) is 0 Å². The second kappa shape index (κ2) is 6.78. The third-order valence-electron chi connectivity index (χ3n) is 5.86. The Hall–Kier alpha value is -1.89. The molecule has 1 unspecified atom stereocenters. The van der Waals surface area contributed by atoms with Crippen LogP contribution in [0.1, 0.15) is 43.1 Å². The first-order valence-electron chi connectivity index (χ1n) is 9.01. The maximum atomic E-state index is 12.6. The van der Waals surface area contributed by atoms with Crippen molar-refractivity contribution in [3.05, 3.63) is 17.0 Å². The zero-order chi connectivity index (χ0) is 18.2. The fourth-order valence-electron chi connectivity index (χ4n) is 4.28. The number of nitrogens with zero attached hydrogens (tertiary/aromatic N) is 3. The van der Waals surface area contributed by atoms with Gasteiger partial charge in [-0.1, -0.05) is 0 Å². The molecule has 7 nitrogen and oxygen atoms in total. The molecule has 1 spiro atoms. The van der Waals surface area contributed by atoms with Crippen LogP contribution < -0.4 is 0 Å². The summed E-state index contributed by atoms with van der Waals surface area (Å²) in [6, 6.07) is 0. The van der Waals surface area contributed by atoms with E-state index < -0.39 is 6.10 Å². The van der Waals surface area contributed by atoms with Crippen LogP contribution in [-0.2, 0) is 16.0 Å². The van der Waals surface area contributed by atoms with Crippen LogP contribution >= 0.6 is 0 Å². The molecule has 0 aromatic carbocycles. The van der Waals surface area contributed by atoms with Crippen LogP contribution in [0.2, 0.25) is 0 Å². The molecule has 138 valence electrons. The van der Waals surface area contributed by atoms with E-state index in [1.54, 1.807) is 11.8 Å². The van der Waals surface area contributed by atoms with E-state index in [1.165, 1.54) is 0 Å². The number of aromatic nitrogens is 2. The number of likely N-dealkylation sites (tertiary alicyclic amines) is 2. The Morgan fingerprint density at radius 2 is 1.96 bits per heavy atom. The molecule has 2 aliphatic rings.